The molecule has 0 fully saturated rings. The van der Waals surface area contributed by atoms with Crippen molar-refractivity contribution in [3.63, 3.8) is 0 Å². The molecule has 2 aromatic carbocycles. The van der Waals surface area contributed by atoms with E-state index in [2.05, 4.69) is 5.32 Å². The van der Waals surface area contributed by atoms with Gasteiger partial charge in [-0.3, -0.25) is 13.9 Å². The lowest BCUT2D eigenvalue weighted by atomic mass is 10.1. The second kappa shape index (κ2) is 12.8. The van der Waals surface area contributed by atoms with Crippen molar-refractivity contribution in [1.82, 2.24) is 10.2 Å². The summed E-state index contributed by atoms with van der Waals surface area (Å²) >= 11 is 0. The quantitative estimate of drug-likeness (QED) is 0.462. The largest absolute Gasteiger partial charge is 0.495 e. The summed E-state index contributed by atoms with van der Waals surface area (Å²) in [5.74, 6) is -0.394. The van der Waals surface area contributed by atoms with Crippen molar-refractivity contribution in [2.45, 2.75) is 66.1 Å². The van der Waals surface area contributed by atoms with Crippen LogP contribution < -0.4 is 14.4 Å². The fraction of sp³-hybridized carbons (Fsp3) is 0.481. The normalized spacial score (nSPS) is 13.0. The van der Waals surface area contributed by atoms with Gasteiger partial charge in [0.2, 0.25) is 21.8 Å². The predicted octanol–water partition coefficient (Wildman–Crippen LogP) is 3.80. The van der Waals surface area contributed by atoms with E-state index in [1.54, 1.807) is 18.2 Å². The maximum atomic E-state index is 13.8. The van der Waals surface area contributed by atoms with E-state index in [4.69, 9.17) is 4.74 Å². The highest BCUT2D eigenvalue weighted by molar-refractivity contribution is 7.92. The SMILES string of the molecule is CC[C@H](C)NC(=O)[C@H](CC)N(Cc1cccc(C)c1)C(=O)CN(c1cc(C)ccc1OC)S(C)(=O)=O. The summed E-state index contributed by atoms with van der Waals surface area (Å²) < 4.78 is 32.1. The highest BCUT2D eigenvalue weighted by Gasteiger charge is 2.33. The minimum absolute atomic E-state index is 0.0495. The van der Waals surface area contributed by atoms with Gasteiger partial charge in [0.05, 0.1) is 19.1 Å². The zero-order chi connectivity index (χ0) is 27.0. The fourth-order valence-electron chi connectivity index (χ4n) is 3.96. The molecule has 2 amide bonds. The molecule has 2 aromatic rings. The molecule has 0 unspecified atom stereocenters. The molecule has 0 spiro atoms. The molecule has 8 nitrogen and oxygen atoms in total. The Balaban J connectivity index is 2.51. The van der Waals surface area contributed by atoms with Crippen LogP contribution in [0.3, 0.4) is 0 Å². The van der Waals surface area contributed by atoms with Gasteiger partial charge in [-0.2, -0.15) is 0 Å². The van der Waals surface area contributed by atoms with E-state index in [0.717, 1.165) is 33.7 Å². The van der Waals surface area contributed by atoms with Crippen LogP contribution in [0.15, 0.2) is 42.5 Å². The molecule has 2 rings (SSSR count). The number of anilines is 1. The lowest BCUT2D eigenvalue weighted by Gasteiger charge is -2.33. The number of nitrogens with zero attached hydrogens (tertiary/aromatic N) is 2. The number of nitrogens with one attached hydrogen (secondary N) is 1. The first kappa shape index (κ1) is 29.2. The van der Waals surface area contributed by atoms with Gasteiger partial charge in [0.1, 0.15) is 18.3 Å². The van der Waals surface area contributed by atoms with E-state index in [-0.39, 0.29) is 24.2 Å². The summed E-state index contributed by atoms with van der Waals surface area (Å²) in [6.45, 7) is 9.23. The average Bonchev–Trinajstić information content (AvgIpc) is 2.81. The molecule has 0 saturated carbocycles. The van der Waals surface area contributed by atoms with Crippen LogP contribution >= 0.6 is 0 Å². The monoisotopic (exact) mass is 517 g/mol. The number of ether oxygens (including phenoxy) is 1. The Labute approximate surface area is 215 Å². The molecule has 1 N–H and O–H groups in total. The molecule has 0 aliphatic rings. The van der Waals surface area contributed by atoms with Gasteiger partial charge in [-0.1, -0.05) is 49.7 Å². The first-order valence-electron chi connectivity index (χ1n) is 12.2. The number of benzene rings is 2. The number of amides is 2. The van der Waals surface area contributed by atoms with Crippen LogP contribution in [0.4, 0.5) is 5.69 Å². The summed E-state index contributed by atoms with van der Waals surface area (Å²) in [5, 5.41) is 2.97. The van der Waals surface area contributed by atoms with Crippen LogP contribution in [-0.2, 0) is 26.2 Å². The Morgan fingerprint density at radius 3 is 2.25 bits per heavy atom. The van der Waals surface area contributed by atoms with Crippen molar-refractivity contribution in [3.8, 4) is 5.75 Å². The molecule has 0 heterocycles. The predicted molar refractivity (Wildman–Crippen MR) is 144 cm³/mol. The van der Waals surface area contributed by atoms with Crippen molar-refractivity contribution in [2.75, 3.05) is 24.2 Å². The van der Waals surface area contributed by atoms with Crippen LogP contribution in [0.2, 0.25) is 0 Å². The van der Waals surface area contributed by atoms with E-state index < -0.39 is 28.5 Å². The van der Waals surface area contributed by atoms with Crippen LogP contribution in [0.1, 0.15) is 50.3 Å². The number of sulfonamides is 1. The molecular formula is C27H39N3O5S. The van der Waals surface area contributed by atoms with Gasteiger partial charge in [-0.05, 0) is 56.9 Å². The summed E-state index contributed by atoms with van der Waals surface area (Å²) in [4.78, 5) is 28.5. The molecule has 0 aliphatic carbocycles. The van der Waals surface area contributed by atoms with E-state index in [1.165, 1.54) is 12.0 Å². The lowest BCUT2D eigenvalue weighted by molar-refractivity contribution is -0.140. The highest BCUT2D eigenvalue weighted by Crippen LogP contribution is 2.31. The van der Waals surface area contributed by atoms with Crippen LogP contribution in [0, 0.1) is 13.8 Å². The van der Waals surface area contributed by atoms with E-state index in [1.807, 2.05) is 58.9 Å². The molecule has 0 saturated heterocycles. The molecule has 9 heteroatoms. The summed E-state index contributed by atoms with van der Waals surface area (Å²) in [5.41, 5.74) is 2.99. The van der Waals surface area contributed by atoms with Crippen LogP contribution in [-0.4, -0.2) is 57.1 Å². The zero-order valence-electron chi connectivity index (χ0n) is 22.4. The Morgan fingerprint density at radius 1 is 1.03 bits per heavy atom. The highest BCUT2D eigenvalue weighted by atomic mass is 32.2. The van der Waals surface area contributed by atoms with Gasteiger partial charge in [0, 0.05) is 12.6 Å². The van der Waals surface area contributed by atoms with Crippen LogP contribution in [0.5, 0.6) is 5.75 Å². The minimum atomic E-state index is -3.85. The molecule has 198 valence electrons. The number of rotatable bonds is 12. The standard InChI is InChI=1S/C27H39N3O5S/c1-8-21(5)28-27(32)23(9-2)29(17-22-12-10-11-19(3)15-22)26(31)18-30(36(7,33)34)24-16-20(4)13-14-25(24)35-6/h10-16,21,23H,8-9,17-18H2,1-7H3,(H,28,32)/t21-,23-/m0/s1. The maximum absolute atomic E-state index is 13.8. The van der Waals surface area contributed by atoms with E-state index in [0.29, 0.717) is 12.2 Å². The number of carbonyl (C=O) groups is 2. The smallest absolute Gasteiger partial charge is 0.244 e. The number of methoxy groups -OCH3 is 1. The second-order valence-corrected chi connectivity index (χ2v) is 11.1. The topological polar surface area (TPSA) is 96.0 Å². The van der Waals surface area contributed by atoms with E-state index in [9.17, 15) is 18.0 Å². The van der Waals surface area contributed by atoms with Gasteiger partial charge in [-0.25, -0.2) is 8.42 Å². The Bertz CT molecular complexity index is 1170. The molecule has 0 aliphatic heterocycles. The summed E-state index contributed by atoms with van der Waals surface area (Å²) in [7, 11) is -2.39. The van der Waals surface area contributed by atoms with Gasteiger partial charge < -0.3 is 15.0 Å². The third-order valence-corrected chi connectivity index (χ3v) is 7.23. The van der Waals surface area contributed by atoms with Crippen molar-refractivity contribution in [1.29, 1.82) is 0 Å². The third-order valence-electron chi connectivity index (χ3n) is 6.10. The zero-order valence-corrected chi connectivity index (χ0v) is 23.2. The number of hydrogen-bond donors (Lipinski definition) is 1. The summed E-state index contributed by atoms with van der Waals surface area (Å²) in [6.07, 6.45) is 2.19. The van der Waals surface area contributed by atoms with Gasteiger partial charge in [0.15, 0.2) is 0 Å². The first-order chi connectivity index (χ1) is 16.9. The van der Waals surface area contributed by atoms with Crippen molar-refractivity contribution in [2.24, 2.45) is 0 Å². The molecule has 0 aromatic heterocycles. The Hall–Kier alpha value is -3.07. The molecular weight excluding hydrogens is 478 g/mol. The first-order valence-corrected chi connectivity index (χ1v) is 14.0. The molecule has 0 bridgehead atoms. The number of hydrogen-bond acceptors (Lipinski definition) is 5. The number of carbonyl (C=O) groups excluding carboxylic acids is 2. The second-order valence-electron chi connectivity index (χ2n) is 9.20. The van der Waals surface area contributed by atoms with Gasteiger partial charge in [-0.15, -0.1) is 0 Å². The minimum Gasteiger partial charge on any atom is -0.495 e. The van der Waals surface area contributed by atoms with Crippen molar-refractivity contribution in [3.05, 3.63) is 59.2 Å². The van der Waals surface area contributed by atoms with E-state index >= 15 is 0 Å². The van der Waals surface area contributed by atoms with Gasteiger partial charge >= 0.3 is 0 Å². The molecule has 36 heavy (non-hydrogen) atoms. The molecule has 0 radical (unpaired) electrons. The number of aryl methyl sites for hydroxylation is 2. The van der Waals surface area contributed by atoms with Crippen LogP contribution in [0.25, 0.3) is 0 Å². The third kappa shape index (κ3) is 7.71. The summed E-state index contributed by atoms with van der Waals surface area (Å²) in [6, 6.07) is 12.0. The van der Waals surface area contributed by atoms with Crippen molar-refractivity contribution < 1.29 is 22.7 Å². The lowest BCUT2D eigenvalue weighted by Crippen LogP contribution is -2.53. The fourth-order valence-corrected chi connectivity index (χ4v) is 4.80. The maximum Gasteiger partial charge on any atom is 0.244 e. The average molecular weight is 518 g/mol. The Morgan fingerprint density at radius 2 is 1.69 bits per heavy atom. The molecule has 2 atom stereocenters. The van der Waals surface area contributed by atoms with Gasteiger partial charge in [0.25, 0.3) is 0 Å². The van der Waals surface area contributed by atoms with Crippen molar-refractivity contribution >= 4 is 27.5 Å². The Kier molecular flexibility index (Phi) is 10.3.